The minimum absolute atomic E-state index is 0.0342. The van der Waals surface area contributed by atoms with Gasteiger partial charge in [0, 0.05) is 11.0 Å². The Morgan fingerprint density at radius 3 is 2.25 bits per heavy atom. The Bertz CT molecular complexity index is 1450. The van der Waals surface area contributed by atoms with Gasteiger partial charge in [-0.25, -0.2) is 14.8 Å². The van der Waals surface area contributed by atoms with Gasteiger partial charge in [0.1, 0.15) is 17.1 Å². The summed E-state index contributed by atoms with van der Waals surface area (Å²) in [6.45, 7) is 5.85. The van der Waals surface area contributed by atoms with Gasteiger partial charge in [-0.05, 0) is 92.8 Å². The zero-order valence-electron chi connectivity index (χ0n) is 23.5. The summed E-state index contributed by atoms with van der Waals surface area (Å²) in [4.78, 5) is 24.1. The molecule has 0 aliphatic heterocycles. The molecule has 234 valence electrons. The summed E-state index contributed by atoms with van der Waals surface area (Å²) < 4.78 is 61.6. The first-order chi connectivity index (χ1) is 21.1. The van der Waals surface area contributed by atoms with Gasteiger partial charge in [-0.2, -0.15) is 23.4 Å². The first kappa shape index (κ1) is 34.3. The average molecular weight is 635 g/mol. The molecule has 0 atom stereocenters. The molecule has 0 amide bonds. The van der Waals surface area contributed by atoms with E-state index < -0.39 is 29.4 Å². The summed E-state index contributed by atoms with van der Waals surface area (Å²) in [7, 11) is 0. The second-order valence-electron chi connectivity index (χ2n) is 9.10. The molecule has 1 N–H and O–H groups in total. The molecule has 0 saturated heterocycles. The van der Waals surface area contributed by atoms with Crippen LogP contribution in [0.1, 0.15) is 47.2 Å². The molecule has 10 nitrogen and oxygen atoms in total. The molecule has 0 spiro atoms. The third-order valence-corrected chi connectivity index (χ3v) is 6.63. The number of benzene rings is 3. The van der Waals surface area contributed by atoms with Crippen LogP contribution >= 0.6 is 12.0 Å². The van der Waals surface area contributed by atoms with Crippen LogP contribution < -0.4 is 9.47 Å². The topological polar surface area (TPSA) is 125 Å². The molecule has 3 aromatic carbocycles. The van der Waals surface area contributed by atoms with E-state index in [4.69, 9.17) is 19.5 Å². The van der Waals surface area contributed by atoms with Crippen molar-refractivity contribution in [1.82, 2.24) is 0 Å². The third-order valence-electron chi connectivity index (χ3n) is 5.89. The highest BCUT2D eigenvalue weighted by Gasteiger charge is 2.35. The van der Waals surface area contributed by atoms with Gasteiger partial charge >= 0.3 is 18.1 Å². The van der Waals surface area contributed by atoms with E-state index >= 15 is 0 Å². The van der Waals surface area contributed by atoms with Crippen LogP contribution in [0.15, 0.2) is 88.4 Å². The fourth-order valence-corrected chi connectivity index (χ4v) is 4.10. The molecule has 0 saturated carbocycles. The minimum Gasteiger partial charge on any atom is -0.494 e. The molecule has 0 radical (unpaired) electrons. The molecule has 0 aromatic heterocycles. The number of aryl methyl sites for hydroxylation is 1. The molecule has 0 aliphatic carbocycles. The van der Waals surface area contributed by atoms with Crippen LogP contribution in [-0.4, -0.2) is 30.4 Å². The maximum Gasteiger partial charge on any atom is 0.420 e. The molecule has 0 aliphatic rings. The Morgan fingerprint density at radius 2 is 1.59 bits per heavy atom. The summed E-state index contributed by atoms with van der Waals surface area (Å²) in [6.07, 6.45) is -0.525. The van der Waals surface area contributed by atoms with Crippen molar-refractivity contribution in [2.75, 3.05) is 13.2 Å². The van der Waals surface area contributed by atoms with Crippen LogP contribution in [0.25, 0.3) is 0 Å². The predicted molar refractivity (Wildman–Crippen MR) is 154 cm³/mol. The number of unbranched alkanes of at least 4 members (excludes halogenated alkanes) is 3. The zero-order chi connectivity index (χ0) is 32.0. The number of esters is 2. The molecule has 0 unspecified atom stereocenters. The van der Waals surface area contributed by atoms with Crippen molar-refractivity contribution in [3.8, 4) is 11.5 Å². The lowest BCUT2D eigenvalue weighted by atomic mass is 10.1. The van der Waals surface area contributed by atoms with Crippen molar-refractivity contribution >= 4 is 35.4 Å². The monoisotopic (exact) mass is 634 g/mol. The van der Waals surface area contributed by atoms with E-state index in [0.29, 0.717) is 41.6 Å². The molecule has 0 bridgehead atoms. The number of hydrogen-bond acceptors (Lipinski definition) is 11. The fourth-order valence-electron chi connectivity index (χ4n) is 3.62. The van der Waals surface area contributed by atoms with Gasteiger partial charge < -0.3 is 14.2 Å². The minimum atomic E-state index is -4.84. The normalized spacial score (nSPS) is 11.4. The fraction of sp³-hybridized carbons (Fsp3) is 0.267. The van der Waals surface area contributed by atoms with Crippen molar-refractivity contribution in [3.63, 3.8) is 0 Å². The third kappa shape index (κ3) is 11.1. The van der Waals surface area contributed by atoms with Gasteiger partial charge in [0.05, 0.1) is 42.2 Å². The number of azo groups is 1. The van der Waals surface area contributed by atoms with Gasteiger partial charge in [0.15, 0.2) is 0 Å². The van der Waals surface area contributed by atoms with E-state index in [2.05, 4.69) is 26.2 Å². The second-order valence-corrected chi connectivity index (χ2v) is 9.84. The lowest BCUT2D eigenvalue weighted by Gasteiger charge is -2.13. The number of carbonyl (C=O) groups excluding carboxylic acids is 2. The van der Waals surface area contributed by atoms with Gasteiger partial charge in [-0.3, -0.25) is 0 Å². The van der Waals surface area contributed by atoms with Gasteiger partial charge in [-0.1, -0.05) is 17.7 Å². The number of nitrogens with zero attached hydrogens (tertiary/aromatic N) is 2. The number of ether oxygens (including phenoxy) is 3. The Hall–Kier alpha value is -4.24. The van der Waals surface area contributed by atoms with E-state index in [1.807, 2.05) is 0 Å². The van der Waals surface area contributed by atoms with Crippen LogP contribution in [0, 0.1) is 6.92 Å². The van der Waals surface area contributed by atoms with Crippen LogP contribution in [0.2, 0.25) is 0 Å². The lowest BCUT2D eigenvalue weighted by Crippen LogP contribution is -2.13. The first-order valence-electron chi connectivity index (χ1n) is 13.2. The number of halogens is 3. The maximum absolute atomic E-state index is 13.8. The molecule has 0 heterocycles. The van der Waals surface area contributed by atoms with Crippen LogP contribution in [0.3, 0.4) is 0 Å². The van der Waals surface area contributed by atoms with Gasteiger partial charge in [-0.15, -0.1) is 4.33 Å². The second kappa shape index (κ2) is 17.2. The largest absolute Gasteiger partial charge is 0.494 e. The smallest absolute Gasteiger partial charge is 0.420 e. The Morgan fingerprint density at radius 1 is 0.932 bits per heavy atom. The highest BCUT2D eigenvalue weighted by molar-refractivity contribution is 7.94. The summed E-state index contributed by atoms with van der Waals surface area (Å²) in [5, 5.41) is 19.7. The van der Waals surface area contributed by atoms with E-state index in [9.17, 15) is 22.8 Å². The Kier molecular flexibility index (Phi) is 13.4. The molecule has 0 fully saturated rings. The van der Waals surface area contributed by atoms with Crippen LogP contribution in [0.4, 0.5) is 24.5 Å². The molecular formula is C30H29F3N2O8S. The number of rotatable bonds is 16. The molecule has 14 heteroatoms. The quantitative estimate of drug-likeness (QED) is 0.0241. The average Bonchev–Trinajstić information content (AvgIpc) is 3.01. The summed E-state index contributed by atoms with van der Waals surface area (Å²) in [5.41, 5.74) is -0.214. The summed E-state index contributed by atoms with van der Waals surface area (Å²) in [5.74, 6) is -1.63. The molecular weight excluding hydrogens is 605 g/mol. The number of hydrogen-bond donors (Lipinski definition) is 1. The van der Waals surface area contributed by atoms with Gasteiger partial charge in [0.25, 0.3) is 0 Å². The van der Waals surface area contributed by atoms with Crippen LogP contribution in [-0.2, 0) is 25.1 Å². The highest BCUT2D eigenvalue weighted by atomic mass is 32.2. The Labute approximate surface area is 255 Å². The van der Waals surface area contributed by atoms with E-state index in [1.165, 1.54) is 36.4 Å². The zero-order valence-corrected chi connectivity index (χ0v) is 24.4. The molecule has 44 heavy (non-hydrogen) atoms. The standard InChI is InChI=1S/C30H29F3N2O8S/c1-3-28(36)40-17-7-5-4-6-16-39-24-13-9-21(10-14-24)29(37)41-26-15-12-22(18-25(26)30(31,32)33)34-35-23-11-8-20(2)27(19-23)44-43-42-38/h3,8-15,18-19,38H,1,4-7,16-17H2,2H3. The molecule has 3 aromatic rings. The van der Waals surface area contributed by atoms with Crippen molar-refractivity contribution in [3.05, 3.63) is 90.0 Å². The number of carbonyl (C=O) groups is 2. The Balaban J connectivity index is 1.57. The van der Waals surface area contributed by atoms with Crippen molar-refractivity contribution in [1.29, 1.82) is 0 Å². The van der Waals surface area contributed by atoms with Crippen molar-refractivity contribution in [2.24, 2.45) is 10.2 Å². The summed E-state index contributed by atoms with van der Waals surface area (Å²) in [6, 6.07) is 13.6. The van der Waals surface area contributed by atoms with E-state index in [1.54, 1.807) is 19.1 Å². The van der Waals surface area contributed by atoms with Crippen LogP contribution in [0.5, 0.6) is 11.5 Å². The summed E-state index contributed by atoms with van der Waals surface area (Å²) >= 11 is 0.712. The highest BCUT2D eigenvalue weighted by Crippen LogP contribution is 2.39. The lowest BCUT2D eigenvalue weighted by molar-refractivity contribution is -0.432. The predicted octanol–water partition coefficient (Wildman–Crippen LogP) is 8.75. The van der Waals surface area contributed by atoms with E-state index in [0.717, 1.165) is 49.5 Å². The SMILES string of the molecule is C=CC(=O)OCCCCCCOc1ccc(C(=O)Oc2ccc(N=Nc3ccc(C)c(SOOO)c3)cc2C(F)(F)F)cc1. The van der Waals surface area contributed by atoms with Crippen molar-refractivity contribution < 1.29 is 51.6 Å². The maximum atomic E-state index is 13.8. The number of alkyl halides is 3. The molecule has 3 rings (SSSR count). The first-order valence-corrected chi connectivity index (χ1v) is 14.0. The van der Waals surface area contributed by atoms with E-state index in [-0.39, 0.29) is 11.3 Å². The van der Waals surface area contributed by atoms with Gasteiger partial charge in [0.2, 0.25) is 0 Å². The van der Waals surface area contributed by atoms with Crippen molar-refractivity contribution in [2.45, 2.75) is 43.7 Å².